The highest BCUT2D eigenvalue weighted by Crippen LogP contribution is 2.41. The standard InChI is InChI=1S/C19H22N6O2/c1-23(2)10-7-21-14-3-4-15-17-16(14)19(26)12-5-8-24(27)11-13(12)18(17)22-25(15)9-6-20/h3-5,8,11,21H,6-7,9-10,20H2,1-2H3. The maximum atomic E-state index is 13.3. The first kappa shape index (κ1) is 17.4. The van der Waals surface area contributed by atoms with Gasteiger partial charge in [-0.25, -0.2) is 0 Å². The van der Waals surface area contributed by atoms with Gasteiger partial charge in [0.2, 0.25) is 0 Å². The van der Waals surface area contributed by atoms with E-state index in [1.54, 1.807) is 6.07 Å². The molecule has 8 nitrogen and oxygen atoms in total. The van der Waals surface area contributed by atoms with Crippen molar-refractivity contribution in [2.75, 3.05) is 39.0 Å². The maximum Gasteiger partial charge on any atom is 0.197 e. The Kier molecular flexibility index (Phi) is 4.29. The molecule has 0 atom stereocenters. The van der Waals surface area contributed by atoms with Gasteiger partial charge in [-0.2, -0.15) is 9.83 Å². The lowest BCUT2D eigenvalue weighted by Crippen LogP contribution is -2.27. The van der Waals surface area contributed by atoms with Crippen molar-refractivity contribution in [1.82, 2.24) is 14.7 Å². The summed E-state index contributed by atoms with van der Waals surface area (Å²) in [5.74, 6) is -0.0941. The molecule has 0 saturated heterocycles. The lowest BCUT2D eigenvalue weighted by molar-refractivity contribution is -0.604. The molecule has 0 radical (unpaired) electrons. The van der Waals surface area contributed by atoms with E-state index in [1.807, 2.05) is 30.9 Å². The van der Waals surface area contributed by atoms with Crippen LogP contribution in [-0.4, -0.2) is 54.2 Å². The molecular formula is C19H22N6O2. The summed E-state index contributed by atoms with van der Waals surface area (Å²) in [6.45, 7) is 2.54. The van der Waals surface area contributed by atoms with Crippen molar-refractivity contribution in [2.24, 2.45) is 5.73 Å². The molecule has 0 fully saturated rings. The predicted molar refractivity (Wildman–Crippen MR) is 104 cm³/mol. The zero-order valence-electron chi connectivity index (χ0n) is 15.4. The van der Waals surface area contributed by atoms with E-state index in [0.717, 1.165) is 23.1 Å². The number of carbonyl (C=O) groups excluding carboxylic acids is 1. The van der Waals surface area contributed by atoms with E-state index in [2.05, 4.69) is 15.3 Å². The van der Waals surface area contributed by atoms with E-state index in [9.17, 15) is 10.0 Å². The summed E-state index contributed by atoms with van der Waals surface area (Å²) in [6, 6.07) is 5.44. The quantitative estimate of drug-likeness (QED) is 0.387. The highest BCUT2D eigenvalue weighted by molar-refractivity contribution is 6.27. The van der Waals surface area contributed by atoms with Crippen molar-refractivity contribution >= 4 is 22.4 Å². The number of hydrogen-bond donors (Lipinski definition) is 2. The van der Waals surface area contributed by atoms with Crippen LogP contribution in [-0.2, 0) is 6.54 Å². The van der Waals surface area contributed by atoms with Gasteiger partial charge in [-0.15, -0.1) is 0 Å². The van der Waals surface area contributed by atoms with E-state index in [-0.39, 0.29) is 5.78 Å². The second-order valence-electron chi connectivity index (χ2n) is 6.93. The minimum atomic E-state index is -0.0941. The average molecular weight is 366 g/mol. The van der Waals surface area contributed by atoms with E-state index in [1.165, 1.54) is 12.4 Å². The lowest BCUT2D eigenvalue weighted by Gasteiger charge is -2.19. The monoisotopic (exact) mass is 366 g/mol. The molecule has 0 saturated carbocycles. The van der Waals surface area contributed by atoms with E-state index >= 15 is 0 Å². The first-order valence-corrected chi connectivity index (χ1v) is 8.91. The molecule has 3 aromatic rings. The number of ketones is 1. The van der Waals surface area contributed by atoms with Crippen molar-refractivity contribution in [3.8, 4) is 11.3 Å². The van der Waals surface area contributed by atoms with E-state index in [4.69, 9.17) is 5.73 Å². The summed E-state index contributed by atoms with van der Waals surface area (Å²) in [6.07, 6.45) is 2.76. The molecule has 0 amide bonds. The fourth-order valence-corrected chi connectivity index (χ4v) is 3.55. The molecule has 4 rings (SSSR count). The fourth-order valence-electron chi connectivity index (χ4n) is 3.55. The topological polar surface area (TPSA) is 103 Å². The normalized spacial score (nSPS) is 12.7. The minimum absolute atomic E-state index is 0.0941. The number of benzene rings is 1. The van der Waals surface area contributed by atoms with Crippen molar-refractivity contribution in [1.29, 1.82) is 0 Å². The smallest absolute Gasteiger partial charge is 0.197 e. The number of nitrogens with zero attached hydrogens (tertiary/aromatic N) is 4. The summed E-state index contributed by atoms with van der Waals surface area (Å²) in [7, 11) is 4.01. The largest absolute Gasteiger partial charge is 0.619 e. The zero-order chi connectivity index (χ0) is 19.1. The van der Waals surface area contributed by atoms with Gasteiger partial charge in [0.25, 0.3) is 0 Å². The number of anilines is 1. The van der Waals surface area contributed by atoms with Crippen LogP contribution in [0.2, 0.25) is 0 Å². The number of likely N-dealkylation sites (N-methyl/N-ethyl adjacent to an activating group) is 1. The number of pyridine rings is 1. The summed E-state index contributed by atoms with van der Waals surface area (Å²) in [4.78, 5) is 15.3. The molecule has 140 valence electrons. The molecule has 1 aliphatic carbocycles. The third-order valence-electron chi connectivity index (χ3n) is 4.80. The van der Waals surface area contributed by atoms with Gasteiger partial charge in [0.05, 0.1) is 23.2 Å². The number of hydrogen-bond acceptors (Lipinski definition) is 6. The molecular weight excluding hydrogens is 344 g/mol. The van der Waals surface area contributed by atoms with Crippen molar-refractivity contribution < 1.29 is 9.52 Å². The highest BCUT2D eigenvalue weighted by Gasteiger charge is 2.32. The number of aromatic nitrogens is 3. The van der Waals surface area contributed by atoms with E-state index < -0.39 is 0 Å². The third kappa shape index (κ3) is 2.83. The Morgan fingerprint density at radius 3 is 2.85 bits per heavy atom. The Bertz CT molecular complexity index is 1040. The molecule has 0 spiro atoms. The van der Waals surface area contributed by atoms with Crippen LogP contribution in [0.3, 0.4) is 0 Å². The number of carbonyl (C=O) groups is 1. The van der Waals surface area contributed by atoms with E-state index in [0.29, 0.717) is 46.7 Å². The van der Waals surface area contributed by atoms with Gasteiger partial charge >= 0.3 is 0 Å². The number of fused-ring (bicyclic) bond motifs is 2. The molecule has 3 N–H and O–H groups in total. The van der Waals surface area contributed by atoms with Gasteiger partial charge in [-0.05, 0) is 26.2 Å². The maximum absolute atomic E-state index is 13.3. The van der Waals surface area contributed by atoms with Crippen molar-refractivity contribution in [3.63, 3.8) is 0 Å². The van der Waals surface area contributed by atoms with Crippen molar-refractivity contribution in [3.05, 3.63) is 46.9 Å². The van der Waals surface area contributed by atoms with Crippen LogP contribution < -0.4 is 15.8 Å². The highest BCUT2D eigenvalue weighted by atomic mass is 16.5. The van der Waals surface area contributed by atoms with Crippen molar-refractivity contribution in [2.45, 2.75) is 6.54 Å². The molecule has 8 heteroatoms. The SMILES string of the molecule is CN(C)CCNc1ccc2c3c(nn2CCN)-c2c[n+]([O-])ccc2C(=O)c13. The second-order valence-corrected chi connectivity index (χ2v) is 6.93. The van der Waals surface area contributed by atoms with Crippen LogP contribution in [0.25, 0.3) is 22.2 Å². The summed E-state index contributed by atoms with van der Waals surface area (Å²) >= 11 is 0. The molecule has 1 aliphatic rings. The lowest BCUT2D eigenvalue weighted by atomic mass is 9.87. The van der Waals surface area contributed by atoms with Gasteiger partial charge in [0.1, 0.15) is 5.69 Å². The summed E-state index contributed by atoms with van der Waals surface area (Å²) < 4.78 is 2.51. The number of nitrogens with two attached hydrogens (primary N) is 1. The Hall–Kier alpha value is -2.97. The molecule has 0 aliphatic heterocycles. The molecule has 2 aromatic heterocycles. The zero-order valence-corrected chi connectivity index (χ0v) is 15.4. The van der Waals surface area contributed by atoms with Gasteiger partial charge in [0.15, 0.2) is 18.2 Å². The first-order chi connectivity index (χ1) is 13.0. The molecule has 27 heavy (non-hydrogen) atoms. The van der Waals surface area contributed by atoms with Gasteiger partial charge in [0, 0.05) is 42.3 Å². The summed E-state index contributed by atoms with van der Waals surface area (Å²) in [5.41, 5.74) is 9.69. The van der Waals surface area contributed by atoms with Gasteiger partial charge in [-0.1, -0.05) is 0 Å². The Balaban J connectivity index is 1.93. The molecule has 0 unspecified atom stereocenters. The second kappa shape index (κ2) is 6.64. The Labute approximate surface area is 156 Å². The predicted octanol–water partition coefficient (Wildman–Crippen LogP) is 0.813. The Morgan fingerprint density at radius 1 is 1.30 bits per heavy atom. The third-order valence-corrected chi connectivity index (χ3v) is 4.80. The Morgan fingerprint density at radius 2 is 2.11 bits per heavy atom. The van der Waals surface area contributed by atoms with Gasteiger partial charge < -0.3 is 21.2 Å². The number of nitrogens with one attached hydrogen (secondary N) is 1. The minimum Gasteiger partial charge on any atom is -0.619 e. The van der Waals surface area contributed by atoms with Crippen LogP contribution >= 0.6 is 0 Å². The molecule has 2 heterocycles. The fraction of sp³-hybridized carbons (Fsp3) is 0.316. The van der Waals surface area contributed by atoms with Crippen LogP contribution in [0.15, 0.2) is 30.6 Å². The summed E-state index contributed by atoms with van der Waals surface area (Å²) in [5, 5.41) is 20.6. The van der Waals surface area contributed by atoms with Crippen LogP contribution in [0.4, 0.5) is 5.69 Å². The first-order valence-electron chi connectivity index (χ1n) is 8.91. The van der Waals surface area contributed by atoms with Crippen LogP contribution in [0.5, 0.6) is 0 Å². The van der Waals surface area contributed by atoms with Crippen LogP contribution in [0.1, 0.15) is 15.9 Å². The molecule has 1 aromatic carbocycles. The molecule has 0 bridgehead atoms. The van der Waals surface area contributed by atoms with Gasteiger partial charge in [-0.3, -0.25) is 9.48 Å². The average Bonchev–Trinajstić information content (AvgIpc) is 2.99. The number of rotatable bonds is 6. The van der Waals surface area contributed by atoms with Crippen LogP contribution in [0, 0.1) is 5.21 Å².